The molecule has 3 atom stereocenters. The average Bonchev–Trinajstić information content (AvgIpc) is 2.56. The van der Waals surface area contributed by atoms with Gasteiger partial charge in [-0.1, -0.05) is 27.7 Å². The van der Waals surface area contributed by atoms with E-state index in [4.69, 9.17) is 10.6 Å². The summed E-state index contributed by atoms with van der Waals surface area (Å²) >= 11 is 0. The number of carbonyl (C=O) groups excluding carboxylic acids is 3. The van der Waals surface area contributed by atoms with Crippen LogP contribution in [0, 0.1) is 11.8 Å². The molecule has 2 aliphatic rings. The maximum Gasteiger partial charge on any atom is 0.433 e. The molecule has 0 aliphatic carbocycles. The maximum absolute atomic E-state index is 13.1. The minimum Gasteiger partial charge on any atom is -0.463 e. The zero-order chi connectivity index (χ0) is 21.2. The summed E-state index contributed by atoms with van der Waals surface area (Å²) in [5.41, 5.74) is 5.19. The molecule has 0 aromatic carbocycles. The fourth-order valence-corrected chi connectivity index (χ4v) is 3.67. The number of rotatable bonds is 7. The lowest BCUT2D eigenvalue weighted by molar-refractivity contribution is -0.267. The smallest absolute Gasteiger partial charge is 0.433 e. The number of hydroxylamine groups is 2. The van der Waals surface area contributed by atoms with Crippen molar-refractivity contribution in [3.63, 3.8) is 0 Å². The zero-order valence-corrected chi connectivity index (χ0v) is 16.8. The van der Waals surface area contributed by atoms with Crippen LogP contribution < -0.4 is 5.73 Å². The van der Waals surface area contributed by atoms with Gasteiger partial charge in [0.2, 0.25) is 11.8 Å². The zero-order valence-electron chi connectivity index (χ0n) is 16.8. The van der Waals surface area contributed by atoms with Crippen LogP contribution in [0.15, 0.2) is 0 Å². The molecule has 0 radical (unpaired) electrons. The topological polar surface area (TPSA) is 133 Å². The molecule has 158 valence electrons. The quantitative estimate of drug-likeness (QED) is 0.645. The van der Waals surface area contributed by atoms with E-state index in [-0.39, 0.29) is 43.2 Å². The molecule has 0 spiro atoms. The predicted molar refractivity (Wildman–Crippen MR) is 98.5 cm³/mol. The Balaban J connectivity index is 2.39. The van der Waals surface area contributed by atoms with Crippen molar-refractivity contribution in [2.75, 3.05) is 13.1 Å². The summed E-state index contributed by atoms with van der Waals surface area (Å²) in [4.78, 5) is 57.4. The molecular weight excluding hydrogens is 368 g/mol. The van der Waals surface area contributed by atoms with Gasteiger partial charge < -0.3 is 20.6 Å². The van der Waals surface area contributed by atoms with Crippen LogP contribution in [0.25, 0.3) is 0 Å². The SMILES string of the molecule is CC(C)C[C@H]1ON(C(=O)O)C2CN(CCC(N)=O)C(=O)[C@H](CC(C)C)N2C1=O. The van der Waals surface area contributed by atoms with Gasteiger partial charge in [-0.2, -0.15) is 5.06 Å². The lowest BCUT2D eigenvalue weighted by Gasteiger charge is -2.52. The molecule has 2 fully saturated rings. The summed E-state index contributed by atoms with van der Waals surface area (Å²) in [6.07, 6.45) is -2.54. The minimum absolute atomic E-state index is 0.0370. The Kier molecular flexibility index (Phi) is 6.87. The highest BCUT2D eigenvalue weighted by atomic mass is 16.7. The Morgan fingerprint density at radius 1 is 1.14 bits per heavy atom. The number of carbonyl (C=O) groups is 4. The number of amides is 4. The highest BCUT2D eigenvalue weighted by Crippen LogP contribution is 2.31. The summed E-state index contributed by atoms with van der Waals surface area (Å²) in [6, 6.07) is -0.806. The van der Waals surface area contributed by atoms with Crippen molar-refractivity contribution in [3.05, 3.63) is 0 Å². The molecule has 10 heteroatoms. The van der Waals surface area contributed by atoms with E-state index in [1.54, 1.807) is 0 Å². The van der Waals surface area contributed by atoms with E-state index < -0.39 is 30.3 Å². The van der Waals surface area contributed by atoms with Gasteiger partial charge in [-0.25, -0.2) is 4.79 Å². The number of primary amides is 1. The van der Waals surface area contributed by atoms with Gasteiger partial charge in [0.05, 0.1) is 6.54 Å². The van der Waals surface area contributed by atoms with Gasteiger partial charge >= 0.3 is 6.09 Å². The normalized spacial score (nSPS) is 25.5. The maximum atomic E-state index is 13.1. The van der Waals surface area contributed by atoms with Crippen molar-refractivity contribution >= 4 is 23.8 Å². The first-order valence-corrected chi connectivity index (χ1v) is 9.61. The average molecular weight is 398 g/mol. The van der Waals surface area contributed by atoms with Gasteiger partial charge in [0.15, 0.2) is 12.3 Å². The van der Waals surface area contributed by atoms with Crippen molar-refractivity contribution in [1.82, 2.24) is 14.9 Å². The van der Waals surface area contributed by atoms with Crippen LogP contribution >= 0.6 is 0 Å². The highest BCUT2D eigenvalue weighted by molar-refractivity contribution is 5.92. The van der Waals surface area contributed by atoms with Crippen LogP contribution in [0.4, 0.5) is 4.79 Å². The van der Waals surface area contributed by atoms with Gasteiger partial charge in [-0.3, -0.25) is 19.2 Å². The third-order valence-electron chi connectivity index (χ3n) is 4.88. The van der Waals surface area contributed by atoms with Crippen LogP contribution in [-0.2, 0) is 19.2 Å². The molecule has 4 amide bonds. The Hall–Kier alpha value is -2.36. The molecular formula is C18H30N4O6. The number of piperazine rings is 1. The Labute approximate surface area is 164 Å². The number of hydrogen-bond donors (Lipinski definition) is 2. The van der Waals surface area contributed by atoms with E-state index in [1.807, 2.05) is 27.7 Å². The van der Waals surface area contributed by atoms with Crippen LogP contribution in [0.3, 0.4) is 0 Å². The van der Waals surface area contributed by atoms with Crippen LogP contribution in [0.2, 0.25) is 0 Å². The van der Waals surface area contributed by atoms with E-state index in [1.165, 1.54) is 9.80 Å². The van der Waals surface area contributed by atoms with Gasteiger partial charge in [-0.15, -0.1) is 0 Å². The van der Waals surface area contributed by atoms with Gasteiger partial charge in [0.25, 0.3) is 5.91 Å². The molecule has 1 unspecified atom stereocenters. The fraction of sp³-hybridized carbons (Fsp3) is 0.778. The largest absolute Gasteiger partial charge is 0.463 e. The lowest BCUT2D eigenvalue weighted by Crippen LogP contribution is -2.73. The van der Waals surface area contributed by atoms with E-state index in [0.717, 1.165) is 5.06 Å². The molecule has 0 aromatic heterocycles. The number of hydrogen-bond acceptors (Lipinski definition) is 5. The summed E-state index contributed by atoms with van der Waals surface area (Å²) in [6.45, 7) is 7.68. The van der Waals surface area contributed by atoms with Crippen molar-refractivity contribution in [2.45, 2.75) is 65.3 Å². The van der Waals surface area contributed by atoms with Crippen molar-refractivity contribution in [2.24, 2.45) is 17.6 Å². The second-order valence-electron chi connectivity index (χ2n) is 8.20. The molecule has 0 saturated carbocycles. The summed E-state index contributed by atoms with van der Waals surface area (Å²) in [5.74, 6) is -1.01. The summed E-state index contributed by atoms with van der Waals surface area (Å²) in [7, 11) is 0. The van der Waals surface area contributed by atoms with Crippen LogP contribution in [0.5, 0.6) is 0 Å². The second-order valence-corrected chi connectivity index (χ2v) is 8.20. The van der Waals surface area contributed by atoms with Crippen molar-refractivity contribution < 1.29 is 29.1 Å². The highest BCUT2D eigenvalue weighted by Gasteiger charge is 2.53. The van der Waals surface area contributed by atoms with E-state index in [0.29, 0.717) is 12.8 Å². The number of carboxylic acid groups (broad SMARTS) is 1. The third kappa shape index (κ3) is 4.73. The molecule has 2 saturated heterocycles. The molecule has 0 aromatic rings. The lowest BCUT2D eigenvalue weighted by atomic mass is 9.95. The van der Waals surface area contributed by atoms with Crippen LogP contribution in [-0.4, -0.2) is 75.2 Å². The first-order valence-electron chi connectivity index (χ1n) is 9.61. The monoisotopic (exact) mass is 398 g/mol. The Bertz CT molecular complexity index is 638. The summed E-state index contributed by atoms with van der Waals surface area (Å²) in [5, 5.41) is 10.4. The first-order chi connectivity index (χ1) is 13.0. The molecule has 0 bridgehead atoms. The second kappa shape index (κ2) is 8.76. The molecule has 28 heavy (non-hydrogen) atoms. The Morgan fingerprint density at radius 3 is 2.25 bits per heavy atom. The van der Waals surface area contributed by atoms with Crippen LogP contribution in [0.1, 0.15) is 47.0 Å². The molecule has 2 heterocycles. The van der Waals surface area contributed by atoms with Crippen molar-refractivity contribution in [1.29, 1.82) is 0 Å². The third-order valence-corrected chi connectivity index (χ3v) is 4.88. The molecule has 2 aliphatic heterocycles. The minimum atomic E-state index is -1.33. The van der Waals surface area contributed by atoms with E-state index >= 15 is 0 Å². The van der Waals surface area contributed by atoms with Crippen molar-refractivity contribution in [3.8, 4) is 0 Å². The van der Waals surface area contributed by atoms with Gasteiger partial charge in [-0.05, 0) is 24.7 Å². The number of nitrogens with zero attached hydrogens (tertiary/aromatic N) is 3. The van der Waals surface area contributed by atoms with E-state index in [2.05, 4.69) is 0 Å². The molecule has 10 nitrogen and oxygen atoms in total. The standard InChI is InChI=1S/C18H30N4O6/c1-10(2)7-12-16(24)20(6-5-14(19)23)9-15-21(12)17(25)13(8-11(3)4)28-22(15)18(26)27/h10-13,15H,5-9H2,1-4H3,(H2,19,23)(H,26,27)/t12-,13+,15?/m0/s1. The number of nitrogens with two attached hydrogens (primary N) is 1. The van der Waals surface area contributed by atoms with Gasteiger partial charge in [0, 0.05) is 13.0 Å². The summed E-state index contributed by atoms with van der Waals surface area (Å²) < 4.78 is 0. The van der Waals surface area contributed by atoms with E-state index in [9.17, 15) is 24.3 Å². The molecule has 3 N–H and O–H groups in total. The Morgan fingerprint density at radius 2 is 1.75 bits per heavy atom. The molecule has 2 rings (SSSR count). The number of fused-ring (bicyclic) bond motifs is 1. The first kappa shape index (κ1) is 21.9. The van der Waals surface area contributed by atoms with Gasteiger partial charge in [0.1, 0.15) is 6.04 Å². The predicted octanol–water partition coefficient (Wildman–Crippen LogP) is 0.613. The fourth-order valence-electron chi connectivity index (χ4n) is 3.67.